The van der Waals surface area contributed by atoms with Gasteiger partial charge >= 0.3 is 0 Å². The van der Waals surface area contributed by atoms with Crippen LogP contribution in [0.15, 0.2) is 18.2 Å². The predicted octanol–water partition coefficient (Wildman–Crippen LogP) is 2.91. The van der Waals surface area contributed by atoms with Crippen LogP contribution in [-0.2, 0) is 0 Å². The summed E-state index contributed by atoms with van der Waals surface area (Å²) in [5.74, 6) is 0. The van der Waals surface area contributed by atoms with Crippen molar-refractivity contribution in [1.29, 1.82) is 0 Å². The van der Waals surface area contributed by atoms with E-state index < -0.39 is 6.67 Å². The van der Waals surface area contributed by atoms with Crippen molar-refractivity contribution in [2.24, 2.45) is 0 Å². The molecule has 1 N–H and O–H groups in total. The monoisotopic (exact) mass is 276 g/mol. The van der Waals surface area contributed by atoms with Crippen molar-refractivity contribution in [3.63, 3.8) is 0 Å². The van der Waals surface area contributed by atoms with Crippen LogP contribution in [-0.4, -0.2) is 37.8 Å². The molecule has 0 amide bonds. The Balaban J connectivity index is 2.24. The van der Waals surface area contributed by atoms with Crippen molar-refractivity contribution in [1.82, 2.24) is 10.2 Å². The van der Waals surface area contributed by atoms with Gasteiger partial charge in [-0.25, -0.2) is 4.39 Å². The summed E-state index contributed by atoms with van der Waals surface area (Å²) in [6.07, 6.45) is 0. The molecule has 0 aliphatic carbocycles. The van der Waals surface area contributed by atoms with E-state index in [1.54, 1.807) is 6.07 Å². The molecule has 0 saturated carbocycles. The summed E-state index contributed by atoms with van der Waals surface area (Å²) in [4.78, 5) is 2.11. The Morgan fingerprint density at radius 2 is 2.00 bits per heavy atom. The molecule has 1 aromatic carbocycles. The van der Waals surface area contributed by atoms with Crippen molar-refractivity contribution >= 4 is 23.2 Å². The topological polar surface area (TPSA) is 15.3 Å². The molecular formula is C12H15Cl2FN2. The van der Waals surface area contributed by atoms with Gasteiger partial charge in [-0.15, -0.1) is 0 Å². The number of halogens is 3. The molecule has 17 heavy (non-hydrogen) atoms. The first-order valence-corrected chi connectivity index (χ1v) is 6.44. The normalized spacial score (nSPS) is 19.2. The highest BCUT2D eigenvalue weighted by Crippen LogP contribution is 2.33. The Hall–Kier alpha value is -0.350. The molecule has 0 spiro atoms. The lowest BCUT2D eigenvalue weighted by Crippen LogP contribution is -2.45. The number of hydrogen-bond donors (Lipinski definition) is 1. The number of piperazine rings is 1. The minimum atomic E-state index is -0.444. The molecule has 2 nitrogen and oxygen atoms in total. The quantitative estimate of drug-likeness (QED) is 0.913. The lowest BCUT2D eigenvalue weighted by molar-refractivity contribution is 0.147. The van der Waals surface area contributed by atoms with Crippen molar-refractivity contribution in [2.45, 2.75) is 6.04 Å². The zero-order valence-corrected chi connectivity index (χ0v) is 10.9. The maximum atomic E-state index is 13.3. The Morgan fingerprint density at radius 3 is 2.65 bits per heavy atom. The predicted molar refractivity (Wildman–Crippen MR) is 69.6 cm³/mol. The molecule has 0 unspecified atom stereocenters. The fourth-order valence-corrected chi connectivity index (χ4v) is 2.58. The van der Waals surface area contributed by atoms with E-state index in [1.165, 1.54) is 0 Å². The van der Waals surface area contributed by atoms with Crippen LogP contribution >= 0.6 is 23.2 Å². The molecule has 1 heterocycles. The maximum absolute atomic E-state index is 13.3. The molecule has 1 saturated heterocycles. The lowest BCUT2D eigenvalue weighted by atomic mass is 10.1. The molecule has 1 aliphatic heterocycles. The Morgan fingerprint density at radius 1 is 1.29 bits per heavy atom. The number of hydrogen-bond acceptors (Lipinski definition) is 2. The van der Waals surface area contributed by atoms with Gasteiger partial charge in [0.25, 0.3) is 0 Å². The highest BCUT2D eigenvalue weighted by atomic mass is 35.5. The molecule has 1 aliphatic rings. The summed E-state index contributed by atoms with van der Waals surface area (Å²) in [6.45, 7) is 2.98. The van der Waals surface area contributed by atoms with Gasteiger partial charge in [-0.05, 0) is 11.6 Å². The average molecular weight is 277 g/mol. The fourth-order valence-electron chi connectivity index (χ4n) is 2.15. The van der Waals surface area contributed by atoms with Gasteiger partial charge in [-0.1, -0.05) is 35.3 Å². The molecule has 1 atom stereocenters. The third-order valence-electron chi connectivity index (χ3n) is 3.08. The molecule has 0 radical (unpaired) electrons. The van der Waals surface area contributed by atoms with Crippen LogP contribution in [0.2, 0.25) is 10.0 Å². The largest absolute Gasteiger partial charge is 0.314 e. The average Bonchev–Trinajstić information content (AvgIpc) is 2.37. The number of benzene rings is 1. The Bertz CT molecular complexity index is 381. The van der Waals surface area contributed by atoms with Gasteiger partial charge in [0, 0.05) is 26.2 Å². The highest BCUT2D eigenvalue weighted by molar-refractivity contribution is 6.42. The van der Waals surface area contributed by atoms with Crippen LogP contribution in [0.1, 0.15) is 11.6 Å². The number of alkyl halides is 1. The van der Waals surface area contributed by atoms with E-state index in [4.69, 9.17) is 23.2 Å². The first-order valence-electron chi connectivity index (χ1n) is 5.68. The molecule has 1 fully saturated rings. The van der Waals surface area contributed by atoms with Crippen molar-refractivity contribution in [2.75, 3.05) is 32.9 Å². The first kappa shape index (κ1) is 13.1. The van der Waals surface area contributed by atoms with Crippen molar-refractivity contribution in [3.05, 3.63) is 33.8 Å². The molecule has 1 aromatic rings. The fraction of sp³-hybridized carbons (Fsp3) is 0.500. The zero-order chi connectivity index (χ0) is 12.3. The zero-order valence-electron chi connectivity index (χ0n) is 9.43. The van der Waals surface area contributed by atoms with Crippen molar-refractivity contribution < 1.29 is 4.39 Å². The van der Waals surface area contributed by atoms with Crippen LogP contribution in [0, 0.1) is 0 Å². The number of rotatable bonds is 3. The summed E-state index contributed by atoms with van der Waals surface area (Å²) in [6, 6.07) is 5.10. The third-order valence-corrected chi connectivity index (χ3v) is 3.91. The van der Waals surface area contributed by atoms with Gasteiger partial charge in [0.05, 0.1) is 16.1 Å². The van der Waals surface area contributed by atoms with E-state index in [0.29, 0.717) is 10.0 Å². The Kier molecular flexibility index (Phi) is 4.62. The van der Waals surface area contributed by atoms with E-state index in [-0.39, 0.29) is 6.04 Å². The van der Waals surface area contributed by atoms with Crippen molar-refractivity contribution in [3.8, 4) is 0 Å². The molecule has 5 heteroatoms. The molecule has 2 rings (SSSR count). The van der Waals surface area contributed by atoms with Gasteiger partial charge in [0.15, 0.2) is 0 Å². The number of nitrogens with zero attached hydrogens (tertiary/aromatic N) is 1. The maximum Gasteiger partial charge on any atom is 0.109 e. The van der Waals surface area contributed by atoms with E-state index >= 15 is 0 Å². The lowest BCUT2D eigenvalue weighted by Gasteiger charge is -2.34. The number of nitrogens with one attached hydrogen (secondary N) is 1. The highest BCUT2D eigenvalue weighted by Gasteiger charge is 2.24. The summed E-state index contributed by atoms with van der Waals surface area (Å²) in [7, 11) is 0. The molecule has 0 aromatic heterocycles. The third kappa shape index (κ3) is 2.91. The molecule has 0 bridgehead atoms. The minimum Gasteiger partial charge on any atom is -0.314 e. The van der Waals surface area contributed by atoms with Crippen LogP contribution in [0.4, 0.5) is 4.39 Å². The summed E-state index contributed by atoms with van der Waals surface area (Å²) in [5.41, 5.74) is 0.781. The van der Waals surface area contributed by atoms with E-state index in [0.717, 1.165) is 31.7 Å². The smallest absolute Gasteiger partial charge is 0.109 e. The van der Waals surface area contributed by atoms with Gasteiger partial charge in [-0.3, -0.25) is 4.90 Å². The van der Waals surface area contributed by atoms with Crippen LogP contribution in [0.3, 0.4) is 0 Å². The SMILES string of the molecule is FC[C@@H](c1cccc(Cl)c1Cl)N1CCNCC1. The van der Waals surface area contributed by atoms with E-state index in [2.05, 4.69) is 10.2 Å². The van der Waals surface area contributed by atoms with E-state index in [9.17, 15) is 4.39 Å². The van der Waals surface area contributed by atoms with Gasteiger partial charge in [0.2, 0.25) is 0 Å². The summed E-state index contributed by atoms with van der Waals surface area (Å²) >= 11 is 12.1. The van der Waals surface area contributed by atoms with E-state index in [1.807, 2.05) is 12.1 Å². The summed E-state index contributed by atoms with van der Waals surface area (Å²) < 4.78 is 13.3. The van der Waals surface area contributed by atoms with Crippen LogP contribution in [0.5, 0.6) is 0 Å². The molecule has 94 valence electrons. The van der Waals surface area contributed by atoms with Gasteiger partial charge < -0.3 is 5.32 Å². The Labute approximate surface area is 111 Å². The second-order valence-electron chi connectivity index (χ2n) is 4.10. The second-order valence-corrected chi connectivity index (χ2v) is 4.88. The standard InChI is InChI=1S/C12H15Cl2FN2/c13-10-3-1-2-9(12(10)14)11(8-15)17-6-4-16-5-7-17/h1-3,11,16H,4-8H2/t11-/m0/s1. The first-order chi connectivity index (χ1) is 8.24. The molecular weight excluding hydrogens is 262 g/mol. The minimum absolute atomic E-state index is 0.289. The summed E-state index contributed by atoms with van der Waals surface area (Å²) in [5, 5.41) is 4.20. The van der Waals surface area contributed by atoms with Crippen LogP contribution < -0.4 is 5.32 Å². The van der Waals surface area contributed by atoms with Crippen LogP contribution in [0.25, 0.3) is 0 Å². The van der Waals surface area contributed by atoms with Gasteiger partial charge in [-0.2, -0.15) is 0 Å². The van der Waals surface area contributed by atoms with Gasteiger partial charge in [0.1, 0.15) is 6.67 Å². The second kappa shape index (κ2) is 6.01.